The Labute approximate surface area is 107 Å². The third-order valence-corrected chi connectivity index (χ3v) is 2.57. The molecular weight excluding hydrogens is 263 g/mol. The first-order valence-electron chi connectivity index (χ1n) is 4.70. The Morgan fingerprint density at radius 1 is 1.47 bits per heavy atom. The van der Waals surface area contributed by atoms with Gasteiger partial charge in [-0.1, -0.05) is 11.6 Å². The Morgan fingerprint density at radius 2 is 2.24 bits per heavy atom. The molecule has 0 aliphatic heterocycles. The lowest BCUT2D eigenvalue weighted by Gasteiger charge is -2.03. The van der Waals surface area contributed by atoms with Crippen LogP contribution < -0.4 is 5.32 Å². The maximum atomic E-state index is 11.4. The van der Waals surface area contributed by atoms with E-state index in [2.05, 4.69) is 15.3 Å². The molecule has 88 valence electrons. The van der Waals surface area contributed by atoms with Gasteiger partial charge in [-0.05, 0) is 17.7 Å². The van der Waals surface area contributed by atoms with Gasteiger partial charge in [0.05, 0.1) is 11.8 Å². The van der Waals surface area contributed by atoms with Crippen molar-refractivity contribution in [1.29, 1.82) is 0 Å². The van der Waals surface area contributed by atoms with Crippen molar-refractivity contribution in [2.45, 2.75) is 0 Å². The number of nitrogens with zero attached hydrogens (tertiary/aromatic N) is 3. The SMILES string of the molecule is CNC(=O)c1ccn(-c2nc(Cl)ncc2Cl)c1. The summed E-state index contributed by atoms with van der Waals surface area (Å²) in [5.41, 5.74) is 0.512. The van der Waals surface area contributed by atoms with Crippen molar-refractivity contribution in [1.82, 2.24) is 19.9 Å². The summed E-state index contributed by atoms with van der Waals surface area (Å²) in [6.07, 6.45) is 4.70. The second-order valence-electron chi connectivity index (χ2n) is 3.20. The fourth-order valence-corrected chi connectivity index (χ4v) is 1.64. The summed E-state index contributed by atoms with van der Waals surface area (Å²) < 4.78 is 1.61. The molecule has 0 saturated carbocycles. The first-order chi connectivity index (χ1) is 8.11. The van der Waals surface area contributed by atoms with Gasteiger partial charge in [-0.15, -0.1) is 0 Å². The summed E-state index contributed by atoms with van der Waals surface area (Å²) in [5, 5.41) is 2.98. The van der Waals surface area contributed by atoms with E-state index in [9.17, 15) is 4.79 Å². The third-order valence-electron chi connectivity index (χ3n) is 2.12. The predicted molar refractivity (Wildman–Crippen MR) is 64.8 cm³/mol. The largest absolute Gasteiger partial charge is 0.355 e. The summed E-state index contributed by atoms with van der Waals surface area (Å²) in [7, 11) is 1.56. The summed E-state index contributed by atoms with van der Waals surface area (Å²) in [4.78, 5) is 19.1. The lowest BCUT2D eigenvalue weighted by atomic mass is 10.3. The zero-order chi connectivity index (χ0) is 12.4. The van der Waals surface area contributed by atoms with Crippen LogP contribution in [0.5, 0.6) is 0 Å². The van der Waals surface area contributed by atoms with E-state index in [4.69, 9.17) is 23.2 Å². The Morgan fingerprint density at radius 3 is 2.94 bits per heavy atom. The quantitative estimate of drug-likeness (QED) is 0.849. The average Bonchev–Trinajstić information content (AvgIpc) is 2.80. The van der Waals surface area contributed by atoms with E-state index in [0.29, 0.717) is 16.4 Å². The summed E-state index contributed by atoms with van der Waals surface area (Å²) in [6, 6.07) is 1.66. The summed E-state index contributed by atoms with van der Waals surface area (Å²) in [6.45, 7) is 0. The maximum Gasteiger partial charge on any atom is 0.252 e. The predicted octanol–water partition coefficient (Wildman–Crippen LogP) is 1.93. The van der Waals surface area contributed by atoms with Crippen LogP contribution in [0.15, 0.2) is 24.7 Å². The number of halogens is 2. The number of hydrogen-bond donors (Lipinski definition) is 1. The molecule has 1 N–H and O–H groups in total. The minimum Gasteiger partial charge on any atom is -0.355 e. The lowest BCUT2D eigenvalue weighted by Crippen LogP contribution is -2.16. The van der Waals surface area contributed by atoms with Crippen LogP contribution in [0.4, 0.5) is 0 Å². The van der Waals surface area contributed by atoms with Gasteiger partial charge >= 0.3 is 0 Å². The standard InChI is InChI=1S/C10H8Cl2N4O/c1-13-9(17)6-2-3-16(5-6)8-7(11)4-14-10(12)15-8/h2-5H,1H3,(H,13,17). The van der Waals surface area contributed by atoms with Crippen LogP contribution >= 0.6 is 23.2 Å². The Hall–Kier alpha value is -1.59. The second-order valence-corrected chi connectivity index (χ2v) is 3.94. The Kier molecular flexibility index (Phi) is 3.31. The van der Waals surface area contributed by atoms with Crippen LogP contribution in [0, 0.1) is 0 Å². The number of carbonyl (C=O) groups excluding carboxylic acids is 1. The molecule has 0 aromatic carbocycles. The van der Waals surface area contributed by atoms with Gasteiger partial charge in [0.25, 0.3) is 5.91 Å². The highest BCUT2D eigenvalue weighted by Crippen LogP contribution is 2.19. The third kappa shape index (κ3) is 2.40. The van der Waals surface area contributed by atoms with Crippen LogP contribution in [0.1, 0.15) is 10.4 Å². The zero-order valence-electron chi connectivity index (χ0n) is 8.82. The Balaban J connectivity index is 2.43. The van der Waals surface area contributed by atoms with E-state index < -0.39 is 0 Å². The second kappa shape index (κ2) is 4.73. The number of amides is 1. The van der Waals surface area contributed by atoms with Crippen molar-refractivity contribution in [3.05, 3.63) is 40.5 Å². The van der Waals surface area contributed by atoms with Gasteiger partial charge in [0, 0.05) is 19.4 Å². The molecule has 2 aromatic rings. The first kappa shape index (κ1) is 11.9. The highest BCUT2D eigenvalue weighted by Gasteiger charge is 2.10. The van der Waals surface area contributed by atoms with Crippen molar-refractivity contribution in [3.8, 4) is 5.82 Å². The van der Waals surface area contributed by atoms with Crippen molar-refractivity contribution in [2.24, 2.45) is 0 Å². The molecule has 0 unspecified atom stereocenters. The molecule has 17 heavy (non-hydrogen) atoms. The molecular formula is C10H8Cl2N4O. The van der Waals surface area contributed by atoms with Gasteiger partial charge in [0.15, 0.2) is 5.82 Å². The van der Waals surface area contributed by atoms with Gasteiger partial charge < -0.3 is 9.88 Å². The van der Waals surface area contributed by atoms with Crippen molar-refractivity contribution < 1.29 is 4.79 Å². The van der Waals surface area contributed by atoms with E-state index in [-0.39, 0.29) is 11.2 Å². The molecule has 0 aliphatic carbocycles. The normalized spacial score (nSPS) is 10.3. The summed E-state index contributed by atoms with van der Waals surface area (Å²) in [5.74, 6) is 0.252. The van der Waals surface area contributed by atoms with Crippen molar-refractivity contribution >= 4 is 29.1 Å². The monoisotopic (exact) mass is 270 g/mol. The molecule has 2 aromatic heterocycles. The molecule has 2 heterocycles. The molecule has 7 heteroatoms. The van der Waals surface area contributed by atoms with Gasteiger partial charge in [-0.25, -0.2) is 4.98 Å². The lowest BCUT2D eigenvalue weighted by molar-refractivity contribution is 0.0963. The van der Waals surface area contributed by atoms with Crippen molar-refractivity contribution in [2.75, 3.05) is 7.05 Å². The van der Waals surface area contributed by atoms with Gasteiger partial charge in [0.1, 0.15) is 5.02 Å². The fraction of sp³-hybridized carbons (Fsp3) is 0.100. The topological polar surface area (TPSA) is 59.8 Å². The number of hydrogen-bond acceptors (Lipinski definition) is 3. The van der Waals surface area contributed by atoms with Gasteiger partial charge in [-0.3, -0.25) is 4.79 Å². The van der Waals surface area contributed by atoms with Crippen LogP contribution in [-0.4, -0.2) is 27.5 Å². The smallest absolute Gasteiger partial charge is 0.252 e. The zero-order valence-corrected chi connectivity index (χ0v) is 10.3. The molecule has 0 aliphatic rings. The van der Waals surface area contributed by atoms with E-state index >= 15 is 0 Å². The number of rotatable bonds is 2. The molecule has 0 bridgehead atoms. The minimum atomic E-state index is -0.181. The molecule has 0 spiro atoms. The average molecular weight is 271 g/mol. The summed E-state index contributed by atoms with van der Waals surface area (Å²) >= 11 is 11.6. The maximum absolute atomic E-state index is 11.4. The van der Waals surface area contributed by atoms with Gasteiger partial charge in [0.2, 0.25) is 5.28 Å². The molecule has 0 saturated heterocycles. The molecule has 0 atom stereocenters. The van der Waals surface area contributed by atoms with Crippen LogP contribution in [0.3, 0.4) is 0 Å². The van der Waals surface area contributed by atoms with E-state index in [0.717, 1.165) is 0 Å². The van der Waals surface area contributed by atoms with E-state index in [1.54, 1.807) is 30.1 Å². The van der Waals surface area contributed by atoms with Crippen LogP contribution in [0.2, 0.25) is 10.3 Å². The fourth-order valence-electron chi connectivity index (χ4n) is 1.33. The number of carbonyl (C=O) groups is 1. The number of nitrogens with one attached hydrogen (secondary N) is 1. The van der Waals surface area contributed by atoms with Crippen LogP contribution in [-0.2, 0) is 0 Å². The highest BCUT2D eigenvalue weighted by molar-refractivity contribution is 6.32. The molecule has 2 rings (SSSR count). The molecule has 1 amide bonds. The minimum absolute atomic E-state index is 0.0968. The molecule has 0 radical (unpaired) electrons. The van der Waals surface area contributed by atoms with E-state index in [1.165, 1.54) is 6.20 Å². The Bertz CT molecular complexity index is 567. The van der Waals surface area contributed by atoms with Crippen LogP contribution in [0.25, 0.3) is 5.82 Å². The van der Waals surface area contributed by atoms with Crippen molar-refractivity contribution in [3.63, 3.8) is 0 Å². The highest BCUT2D eigenvalue weighted by atomic mass is 35.5. The number of aromatic nitrogens is 3. The molecule has 5 nitrogen and oxygen atoms in total. The van der Waals surface area contributed by atoms with E-state index in [1.807, 2.05) is 0 Å². The van der Waals surface area contributed by atoms with Gasteiger partial charge in [-0.2, -0.15) is 4.98 Å². The first-order valence-corrected chi connectivity index (χ1v) is 5.46. The molecule has 0 fully saturated rings.